The Balaban J connectivity index is 2.38. The molecule has 0 heterocycles. The number of carbonyl (C=O) groups is 1. The molecule has 1 amide bonds. The zero-order chi connectivity index (χ0) is 9.03. The molecule has 0 aliphatic heterocycles. The van der Waals surface area contributed by atoms with E-state index in [-0.39, 0.29) is 6.00 Å². The lowest BCUT2D eigenvalue weighted by atomic mass is 10.4. The fraction of sp³-hybridized carbons (Fsp3) is 0.571. The molecule has 0 unspecified atom stereocenters. The fourth-order valence-electron chi connectivity index (χ4n) is 0.720. The molecule has 0 spiro atoms. The highest BCUT2D eigenvalue weighted by molar-refractivity contribution is 14.1. The second kappa shape index (κ2) is 4.19. The fourth-order valence-corrected chi connectivity index (χ4v) is 1.32. The third-order valence-corrected chi connectivity index (χ3v) is 1.88. The van der Waals surface area contributed by atoms with Gasteiger partial charge in [0.05, 0.1) is 6.00 Å². The van der Waals surface area contributed by atoms with Crippen molar-refractivity contribution < 1.29 is 9.53 Å². The van der Waals surface area contributed by atoms with E-state index in [2.05, 4.69) is 15.2 Å². The molecule has 0 atom stereocenters. The van der Waals surface area contributed by atoms with Gasteiger partial charge >= 0.3 is 6.09 Å². The van der Waals surface area contributed by atoms with Gasteiger partial charge in [-0.25, -0.2) is 4.79 Å². The molecule has 0 aromatic rings. The number of carbonyl (C=O) groups excluding carboxylic acids is 1. The second-order valence-corrected chi connectivity index (χ2v) is 3.22. The molecule has 0 radical (unpaired) electrons. The number of amides is 1. The van der Waals surface area contributed by atoms with Crippen LogP contribution in [-0.2, 0) is 4.74 Å². The van der Waals surface area contributed by atoms with Gasteiger partial charge in [-0.3, -0.25) is 0 Å². The van der Waals surface area contributed by atoms with Crippen LogP contribution in [0.2, 0.25) is 0 Å². The van der Waals surface area contributed by atoms with Crippen molar-refractivity contribution in [3.05, 3.63) is 0 Å². The summed E-state index contributed by atoms with van der Waals surface area (Å²) >= 11 is 7.20. The molecule has 5 heteroatoms. The van der Waals surface area contributed by atoms with Gasteiger partial charge in [-0.1, -0.05) is 0 Å². The molecule has 0 aromatic heterocycles. The lowest BCUT2D eigenvalue weighted by Crippen LogP contribution is -2.28. The Morgan fingerprint density at radius 2 is 2.42 bits per heavy atom. The van der Waals surface area contributed by atoms with Gasteiger partial charge in [-0.15, -0.1) is 11.6 Å². The summed E-state index contributed by atoms with van der Waals surface area (Å²) in [7, 11) is 0. The maximum Gasteiger partial charge on any atom is 0.409 e. The van der Waals surface area contributed by atoms with Crippen molar-refractivity contribution in [2.24, 2.45) is 0 Å². The number of ether oxygens (including phenoxy) is 1. The van der Waals surface area contributed by atoms with Crippen LogP contribution in [0.5, 0.6) is 0 Å². The summed E-state index contributed by atoms with van der Waals surface area (Å²) in [4.78, 5) is 10.9. The SMILES string of the molecule is O=C(NCCl)OC1(C#CI)CC1. The van der Waals surface area contributed by atoms with Crippen LogP contribution in [-0.4, -0.2) is 17.7 Å². The molecule has 66 valence electrons. The number of hydrogen-bond donors (Lipinski definition) is 1. The summed E-state index contributed by atoms with van der Waals surface area (Å²) in [5, 5.41) is 2.33. The average Bonchev–Trinajstić information content (AvgIpc) is 2.70. The smallest absolute Gasteiger partial charge is 0.409 e. The number of alkyl halides is 1. The Morgan fingerprint density at radius 1 is 1.75 bits per heavy atom. The molecule has 1 rings (SSSR count). The van der Waals surface area contributed by atoms with Crippen molar-refractivity contribution in [2.45, 2.75) is 18.4 Å². The van der Waals surface area contributed by atoms with Crippen molar-refractivity contribution in [3.8, 4) is 9.85 Å². The van der Waals surface area contributed by atoms with E-state index in [1.807, 2.05) is 22.6 Å². The van der Waals surface area contributed by atoms with Gasteiger partial charge in [0.25, 0.3) is 0 Å². The van der Waals surface area contributed by atoms with E-state index >= 15 is 0 Å². The molecule has 0 aromatic carbocycles. The summed E-state index contributed by atoms with van der Waals surface area (Å²) in [5.41, 5.74) is -0.517. The number of halogens is 2. The summed E-state index contributed by atoms with van der Waals surface area (Å²) < 4.78 is 7.72. The molecular weight excluding hydrogens is 292 g/mol. The minimum absolute atomic E-state index is 0.0621. The third-order valence-electron chi connectivity index (χ3n) is 1.48. The van der Waals surface area contributed by atoms with Crippen LogP contribution in [0.15, 0.2) is 0 Å². The summed E-state index contributed by atoms with van der Waals surface area (Å²) in [6, 6.07) is 0.0621. The first-order valence-electron chi connectivity index (χ1n) is 3.38. The number of hydrogen-bond acceptors (Lipinski definition) is 2. The van der Waals surface area contributed by atoms with Gasteiger partial charge in [-0.05, 0) is 9.85 Å². The minimum Gasteiger partial charge on any atom is -0.430 e. The quantitative estimate of drug-likeness (QED) is 0.366. The second-order valence-electron chi connectivity index (χ2n) is 2.41. The lowest BCUT2D eigenvalue weighted by Gasteiger charge is -2.09. The third kappa shape index (κ3) is 2.72. The first-order chi connectivity index (χ1) is 5.72. The van der Waals surface area contributed by atoms with Crippen molar-refractivity contribution >= 4 is 40.3 Å². The van der Waals surface area contributed by atoms with Gasteiger partial charge in [0.2, 0.25) is 0 Å². The minimum atomic E-state index is -0.517. The molecule has 1 fully saturated rings. The molecule has 1 saturated carbocycles. The number of alkyl carbamates (subject to hydrolysis) is 1. The molecule has 1 aliphatic carbocycles. The predicted octanol–water partition coefficient (Wildman–Crippen LogP) is 1.84. The van der Waals surface area contributed by atoms with Crippen LogP contribution in [0.25, 0.3) is 0 Å². The van der Waals surface area contributed by atoms with Crippen LogP contribution in [0.3, 0.4) is 0 Å². The molecular formula is C7H7ClINO2. The molecule has 0 saturated heterocycles. The maximum atomic E-state index is 10.9. The van der Waals surface area contributed by atoms with E-state index in [4.69, 9.17) is 16.3 Å². The zero-order valence-electron chi connectivity index (χ0n) is 6.19. The Morgan fingerprint density at radius 3 is 2.83 bits per heavy atom. The highest BCUT2D eigenvalue weighted by Gasteiger charge is 2.45. The topological polar surface area (TPSA) is 38.3 Å². The van der Waals surface area contributed by atoms with Crippen LogP contribution < -0.4 is 5.32 Å². The van der Waals surface area contributed by atoms with Gasteiger partial charge in [-0.2, -0.15) is 0 Å². The molecule has 1 N–H and O–H groups in total. The van der Waals surface area contributed by atoms with Gasteiger partial charge in [0, 0.05) is 35.4 Å². The van der Waals surface area contributed by atoms with Gasteiger partial charge in [0.1, 0.15) is 0 Å². The highest BCUT2D eigenvalue weighted by Crippen LogP contribution is 2.38. The standard InChI is InChI=1S/C7H7ClINO2/c8-5-10-6(11)12-7(1-2-7)3-4-9/h1-2,5H2,(H,10,11). The van der Waals surface area contributed by atoms with E-state index in [1.54, 1.807) is 0 Å². The molecule has 12 heavy (non-hydrogen) atoms. The van der Waals surface area contributed by atoms with E-state index in [0.29, 0.717) is 0 Å². The first-order valence-corrected chi connectivity index (χ1v) is 4.99. The van der Waals surface area contributed by atoms with Crippen LogP contribution in [0.4, 0.5) is 4.79 Å². The normalized spacial score (nSPS) is 17.2. The molecule has 3 nitrogen and oxygen atoms in total. The lowest BCUT2D eigenvalue weighted by molar-refractivity contribution is 0.114. The first kappa shape index (κ1) is 9.93. The van der Waals surface area contributed by atoms with Crippen molar-refractivity contribution in [1.29, 1.82) is 0 Å². The summed E-state index contributed by atoms with van der Waals surface area (Å²) in [5.74, 6) is 2.83. The number of nitrogens with one attached hydrogen (secondary N) is 1. The summed E-state index contributed by atoms with van der Waals surface area (Å²) in [6.45, 7) is 0. The largest absolute Gasteiger partial charge is 0.430 e. The van der Waals surface area contributed by atoms with Crippen LogP contribution >= 0.6 is 34.2 Å². The average molecular weight is 299 g/mol. The van der Waals surface area contributed by atoms with E-state index in [9.17, 15) is 4.79 Å². The Hall–Kier alpha value is -0.150. The van der Waals surface area contributed by atoms with E-state index in [1.165, 1.54) is 0 Å². The van der Waals surface area contributed by atoms with Crippen molar-refractivity contribution in [3.63, 3.8) is 0 Å². The van der Waals surface area contributed by atoms with Crippen LogP contribution in [0, 0.1) is 9.85 Å². The van der Waals surface area contributed by atoms with Gasteiger partial charge in [0.15, 0.2) is 5.60 Å². The molecule has 1 aliphatic rings. The van der Waals surface area contributed by atoms with Gasteiger partial charge < -0.3 is 10.1 Å². The maximum absolute atomic E-state index is 10.9. The summed E-state index contributed by atoms with van der Waals surface area (Å²) in [6.07, 6.45) is 1.14. The van der Waals surface area contributed by atoms with Crippen molar-refractivity contribution in [1.82, 2.24) is 5.32 Å². The number of rotatable bonds is 2. The van der Waals surface area contributed by atoms with E-state index in [0.717, 1.165) is 12.8 Å². The predicted molar refractivity (Wildman–Crippen MR) is 54.1 cm³/mol. The Kier molecular flexibility index (Phi) is 3.47. The van der Waals surface area contributed by atoms with Crippen molar-refractivity contribution in [2.75, 3.05) is 6.00 Å². The highest BCUT2D eigenvalue weighted by atomic mass is 127. The van der Waals surface area contributed by atoms with E-state index < -0.39 is 11.7 Å². The monoisotopic (exact) mass is 299 g/mol. The zero-order valence-corrected chi connectivity index (χ0v) is 9.11. The molecule has 0 bridgehead atoms. The van der Waals surface area contributed by atoms with Crippen LogP contribution in [0.1, 0.15) is 12.8 Å². The Bertz CT molecular complexity index is 242. The Labute approximate surface area is 89.3 Å².